The molecule has 1 aromatic carbocycles. The topological polar surface area (TPSA) is 70.7 Å². The van der Waals surface area contributed by atoms with Crippen molar-refractivity contribution >= 4 is 11.8 Å². The van der Waals surface area contributed by atoms with Crippen LogP contribution in [-0.4, -0.2) is 56.5 Å². The van der Waals surface area contributed by atoms with E-state index in [1.807, 2.05) is 0 Å². The van der Waals surface area contributed by atoms with Gasteiger partial charge in [0.1, 0.15) is 11.6 Å². The molecule has 0 spiro atoms. The van der Waals surface area contributed by atoms with E-state index in [4.69, 9.17) is 4.74 Å². The minimum Gasteiger partial charge on any atom is -0.497 e. The smallest absolute Gasteiger partial charge is 0.251 e. The number of likely N-dealkylation sites (tertiary alicyclic amines) is 1. The fourth-order valence-electron chi connectivity index (χ4n) is 4.23. The molecule has 1 heterocycles. The van der Waals surface area contributed by atoms with Crippen LogP contribution in [0.2, 0.25) is 0 Å². The number of ether oxygens (including phenoxy) is 1. The van der Waals surface area contributed by atoms with E-state index in [2.05, 4.69) is 15.5 Å². The average Bonchev–Trinajstić information content (AvgIpc) is 3.27. The molecule has 2 fully saturated rings. The van der Waals surface area contributed by atoms with Gasteiger partial charge in [-0.1, -0.05) is 12.8 Å². The summed E-state index contributed by atoms with van der Waals surface area (Å²) in [6.07, 6.45) is 6.42. The summed E-state index contributed by atoms with van der Waals surface area (Å²) in [5.41, 5.74) is 0.275. The molecule has 1 aromatic rings. The van der Waals surface area contributed by atoms with E-state index in [0.717, 1.165) is 45.3 Å². The van der Waals surface area contributed by atoms with Gasteiger partial charge in [0.25, 0.3) is 5.91 Å². The Kier molecular flexibility index (Phi) is 7.86. The average molecular weight is 406 g/mol. The number of carbonyl (C=O) groups excluding carboxylic acids is 2. The van der Waals surface area contributed by atoms with E-state index in [-0.39, 0.29) is 23.3 Å². The van der Waals surface area contributed by atoms with Crippen molar-refractivity contribution < 1.29 is 18.7 Å². The molecule has 0 unspecified atom stereocenters. The van der Waals surface area contributed by atoms with Crippen molar-refractivity contribution in [2.24, 2.45) is 11.8 Å². The fourth-order valence-corrected chi connectivity index (χ4v) is 4.23. The summed E-state index contributed by atoms with van der Waals surface area (Å²) in [5, 5.41) is 5.99. The molecular formula is C22H32FN3O3. The largest absolute Gasteiger partial charge is 0.497 e. The number of hydrogen-bond acceptors (Lipinski definition) is 4. The number of nitrogens with one attached hydrogen (secondary N) is 2. The number of carbonyl (C=O) groups is 2. The second-order valence-corrected chi connectivity index (χ2v) is 8.15. The molecule has 1 aliphatic carbocycles. The quantitative estimate of drug-likeness (QED) is 0.698. The van der Waals surface area contributed by atoms with E-state index in [1.54, 1.807) is 6.07 Å². The van der Waals surface area contributed by atoms with Gasteiger partial charge in [-0.3, -0.25) is 9.59 Å². The summed E-state index contributed by atoms with van der Waals surface area (Å²) in [5.74, 6) is 0.432. The van der Waals surface area contributed by atoms with Crippen LogP contribution in [0.15, 0.2) is 18.2 Å². The number of benzene rings is 1. The molecule has 1 saturated heterocycles. The first kappa shape index (κ1) is 21.6. The first-order chi connectivity index (χ1) is 14.0. The lowest BCUT2D eigenvalue weighted by molar-refractivity contribution is -0.124. The summed E-state index contributed by atoms with van der Waals surface area (Å²) in [6, 6.07) is 4.02. The third-order valence-electron chi connectivity index (χ3n) is 6.08. The Bertz CT molecular complexity index is 699. The summed E-state index contributed by atoms with van der Waals surface area (Å²) in [4.78, 5) is 26.7. The van der Waals surface area contributed by atoms with Crippen LogP contribution in [0.25, 0.3) is 0 Å². The standard InChI is InChI=1S/C22H32FN3O3/c1-29-20-13-18(12-19(23)14-20)22(28)25-15-16-6-9-26(10-7-16)11-8-24-21(27)17-4-2-3-5-17/h12-14,16-17H,2-11,15H2,1H3,(H,24,27)(H,25,28). The van der Waals surface area contributed by atoms with Crippen LogP contribution in [0.5, 0.6) is 5.75 Å². The number of hydrogen-bond donors (Lipinski definition) is 2. The number of amides is 2. The van der Waals surface area contributed by atoms with Crippen molar-refractivity contribution in [3.8, 4) is 5.75 Å². The molecule has 1 aliphatic heterocycles. The highest BCUT2D eigenvalue weighted by Gasteiger charge is 2.23. The summed E-state index contributed by atoms with van der Waals surface area (Å²) < 4.78 is 18.6. The van der Waals surface area contributed by atoms with Crippen molar-refractivity contribution in [2.75, 3.05) is 39.8 Å². The second-order valence-electron chi connectivity index (χ2n) is 8.15. The molecule has 6 nitrogen and oxygen atoms in total. The molecule has 3 rings (SSSR count). The van der Waals surface area contributed by atoms with Gasteiger partial charge in [-0.15, -0.1) is 0 Å². The lowest BCUT2D eigenvalue weighted by Gasteiger charge is -2.32. The molecule has 29 heavy (non-hydrogen) atoms. The van der Waals surface area contributed by atoms with E-state index >= 15 is 0 Å². The minimum absolute atomic E-state index is 0.217. The number of rotatable bonds is 8. The van der Waals surface area contributed by atoms with Crippen molar-refractivity contribution in [1.29, 1.82) is 0 Å². The first-order valence-electron chi connectivity index (χ1n) is 10.7. The zero-order valence-electron chi connectivity index (χ0n) is 17.2. The van der Waals surface area contributed by atoms with Crippen LogP contribution in [0.3, 0.4) is 0 Å². The lowest BCUT2D eigenvalue weighted by atomic mass is 9.96. The van der Waals surface area contributed by atoms with Gasteiger partial charge in [0.05, 0.1) is 7.11 Å². The molecule has 0 atom stereocenters. The van der Waals surface area contributed by atoms with Crippen LogP contribution in [0.4, 0.5) is 4.39 Å². The van der Waals surface area contributed by atoms with Crippen LogP contribution in [0.1, 0.15) is 48.9 Å². The van der Waals surface area contributed by atoms with Gasteiger partial charge in [-0.05, 0) is 56.8 Å². The van der Waals surface area contributed by atoms with Gasteiger partial charge in [-0.2, -0.15) is 0 Å². The van der Waals surface area contributed by atoms with E-state index in [9.17, 15) is 14.0 Å². The van der Waals surface area contributed by atoms with Crippen LogP contribution in [0, 0.1) is 17.7 Å². The third-order valence-corrected chi connectivity index (χ3v) is 6.08. The normalized spacial score (nSPS) is 18.6. The van der Waals surface area contributed by atoms with Gasteiger partial charge in [0.2, 0.25) is 5.91 Å². The molecule has 2 N–H and O–H groups in total. The maximum atomic E-state index is 13.6. The van der Waals surface area contributed by atoms with E-state index in [0.29, 0.717) is 24.8 Å². The van der Waals surface area contributed by atoms with E-state index < -0.39 is 5.82 Å². The van der Waals surface area contributed by atoms with Crippen molar-refractivity contribution in [3.05, 3.63) is 29.6 Å². The Morgan fingerprint density at radius 3 is 2.52 bits per heavy atom. The van der Waals surface area contributed by atoms with Crippen molar-refractivity contribution in [2.45, 2.75) is 38.5 Å². The van der Waals surface area contributed by atoms with Gasteiger partial charge in [-0.25, -0.2) is 4.39 Å². The lowest BCUT2D eigenvalue weighted by Crippen LogP contribution is -2.42. The van der Waals surface area contributed by atoms with Crippen LogP contribution >= 0.6 is 0 Å². The minimum atomic E-state index is -0.483. The molecule has 0 aromatic heterocycles. The number of nitrogens with zero attached hydrogens (tertiary/aromatic N) is 1. The highest BCUT2D eigenvalue weighted by atomic mass is 19.1. The van der Waals surface area contributed by atoms with E-state index in [1.165, 1.54) is 32.1 Å². The number of methoxy groups -OCH3 is 1. The summed E-state index contributed by atoms with van der Waals surface area (Å²) >= 11 is 0. The molecule has 0 bridgehead atoms. The van der Waals surface area contributed by atoms with Gasteiger partial charge in [0, 0.05) is 37.2 Å². The molecule has 2 amide bonds. The maximum Gasteiger partial charge on any atom is 0.251 e. The van der Waals surface area contributed by atoms with Gasteiger partial charge in [0.15, 0.2) is 0 Å². The zero-order chi connectivity index (χ0) is 20.6. The molecular weight excluding hydrogens is 373 g/mol. The Labute approximate surface area is 172 Å². The van der Waals surface area contributed by atoms with Crippen LogP contribution < -0.4 is 15.4 Å². The second kappa shape index (κ2) is 10.6. The molecule has 1 saturated carbocycles. The SMILES string of the molecule is COc1cc(F)cc(C(=O)NCC2CCN(CCNC(=O)C3CCCC3)CC2)c1. The van der Waals surface area contributed by atoms with Gasteiger partial charge < -0.3 is 20.3 Å². The zero-order valence-corrected chi connectivity index (χ0v) is 17.2. The fraction of sp³-hybridized carbons (Fsp3) is 0.636. The predicted molar refractivity (Wildman–Crippen MR) is 109 cm³/mol. The maximum absolute atomic E-state index is 13.6. The molecule has 0 radical (unpaired) electrons. The molecule has 160 valence electrons. The number of piperidine rings is 1. The summed E-state index contributed by atoms with van der Waals surface area (Å²) in [7, 11) is 1.45. The van der Waals surface area contributed by atoms with Crippen molar-refractivity contribution in [3.63, 3.8) is 0 Å². The predicted octanol–water partition coefficient (Wildman–Crippen LogP) is 2.58. The Hall–Kier alpha value is -2.15. The highest BCUT2D eigenvalue weighted by molar-refractivity contribution is 5.94. The molecule has 7 heteroatoms. The monoisotopic (exact) mass is 405 g/mol. The van der Waals surface area contributed by atoms with Crippen LogP contribution in [-0.2, 0) is 4.79 Å². The molecule has 2 aliphatic rings. The first-order valence-corrected chi connectivity index (χ1v) is 10.7. The highest BCUT2D eigenvalue weighted by Crippen LogP contribution is 2.24. The Morgan fingerprint density at radius 1 is 1.10 bits per heavy atom. The summed E-state index contributed by atoms with van der Waals surface area (Å²) in [6.45, 7) is 4.10. The van der Waals surface area contributed by atoms with Gasteiger partial charge >= 0.3 is 0 Å². The van der Waals surface area contributed by atoms with Crippen molar-refractivity contribution in [1.82, 2.24) is 15.5 Å². The Morgan fingerprint density at radius 2 is 1.83 bits per heavy atom. The Balaban J connectivity index is 1.33. The number of halogens is 1. The third kappa shape index (κ3) is 6.42.